The highest BCUT2D eigenvalue weighted by molar-refractivity contribution is 5.11. The van der Waals surface area contributed by atoms with Crippen LogP contribution in [0, 0.1) is 46.3 Å². The molecule has 0 saturated heterocycles. The van der Waals surface area contributed by atoms with Gasteiger partial charge in [0.15, 0.2) is 0 Å². The molecular formula is C34H62N2O. The first kappa shape index (κ1) is 30.7. The Labute approximate surface area is 230 Å². The van der Waals surface area contributed by atoms with Crippen molar-refractivity contribution in [2.45, 2.75) is 152 Å². The van der Waals surface area contributed by atoms with Crippen molar-refractivity contribution in [2.24, 2.45) is 46.3 Å². The fourth-order valence-corrected chi connectivity index (χ4v) is 9.73. The molecule has 10 atom stereocenters. The van der Waals surface area contributed by atoms with E-state index in [9.17, 15) is 5.11 Å². The molecule has 214 valence electrons. The van der Waals surface area contributed by atoms with Gasteiger partial charge in [-0.05, 0) is 116 Å². The maximum atomic E-state index is 11.4. The van der Waals surface area contributed by atoms with Crippen molar-refractivity contribution in [3.05, 3.63) is 18.0 Å². The van der Waals surface area contributed by atoms with Gasteiger partial charge in [-0.3, -0.25) is 4.68 Å². The number of aromatic nitrogens is 2. The monoisotopic (exact) mass is 514 g/mol. The Morgan fingerprint density at radius 1 is 0.946 bits per heavy atom. The lowest BCUT2D eigenvalue weighted by atomic mass is 9.45. The van der Waals surface area contributed by atoms with Crippen LogP contribution in [0.5, 0.6) is 0 Å². The van der Waals surface area contributed by atoms with Gasteiger partial charge in [-0.2, -0.15) is 5.10 Å². The second kappa shape index (κ2) is 13.0. The predicted octanol–water partition coefficient (Wildman–Crippen LogP) is 9.50. The van der Waals surface area contributed by atoms with E-state index >= 15 is 0 Å². The molecule has 1 aromatic heterocycles. The average molecular weight is 515 g/mol. The topological polar surface area (TPSA) is 38.0 Å². The number of rotatable bonds is 6. The molecule has 1 N–H and O–H groups in total. The lowest BCUT2D eigenvalue weighted by molar-refractivity contribution is -0.114. The van der Waals surface area contributed by atoms with Crippen LogP contribution in [-0.4, -0.2) is 21.0 Å². The molecule has 4 fully saturated rings. The van der Waals surface area contributed by atoms with E-state index < -0.39 is 0 Å². The Hall–Kier alpha value is -0.830. The summed E-state index contributed by atoms with van der Waals surface area (Å²) in [4.78, 5) is 0. The number of hydrogen-bond acceptors (Lipinski definition) is 2. The van der Waals surface area contributed by atoms with E-state index in [1.807, 2.05) is 38.6 Å². The first-order valence-electron chi connectivity index (χ1n) is 16.5. The molecule has 3 nitrogen and oxygen atoms in total. The van der Waals surface area contributed by atoms with Gasteiger partial charge >= 0.3 is 0 Å². The minimum Gasteiger partial charge on any atom is -0.391 e. The molecule has 37 heavy (non-hydrogen) atoms. The highest BCUT2D eigenvalue weighted by Gasteiger charge is 2.59. The van der Waals surface area contributed by atoms with Crippen molar-refractivity contribution in [3.8, 4) is 0 Å². The van der Waals surface area contributed by atoms with Crippen LogP contribution >= 0.6 is 0 Å². The normalized spacial score (nSPS) is 40.1. The molecule has 0 spiro atoms. The lowest BCUT2D eigenvalue weighted by Crippen LogP contribution is -2.52. The van der Waals surface area contributed by atoms with Gasteiger partial charge < -0.3 is 5.11 Å². The number of fused-ring (bicyclic) bond motifs is 5. The van der Waals surface area contributed by atoms with Gasteiger partial charge in [0.25, 0.3) is 0 Å². The Morgan fingerprint density at radius 3 is 2.27 bits per heavy atom. The first-order chi connectivity index (χ1) is 17.8. The molecule has 0 aromatic carbocycles. The maximum absolute atomic E-state index is 11.4. The van der Waals surface area contributed by atoms with E-state index in [1.165, 1.54) is 69.8 Å². The van der Waals surface area contributed by atoms with Crippen LogP contribution in [0.4, 0.5) is 0 Å². The van der Waals surface area contributed by atoms with Crippen LogP contribution in [0.1, 0.15) is 144 Å². The van der Waals surface area contributed by atoms with Crippen LogP contribution in [0.25, 0.3) is 0 Å². The molecule has 4 saturated carbocycles. The van der Waals surface area contributed by atoms with E-state index in [0.717, 1.165) is 36.0 Å². The summed E-state index contributed by atoms with van der Waals surface area (Å²) in [5.41, 5.74) is 2.24. The first-order valence-corrected chi connectivity index (χ1v) is 16.5. The molecule has 1 heterocycles. The largest absolute Gasteiger partial charge is 0.391 e. The van der Waals surface area contributed by atoms with E-state index in [0.29, 0.717) is 29.2 Å². The standard InChI is InChI=1S/C30H50N2O.2C2H6/c1-6-20(3)22-17-31-32(18-22)19-28(33)27-11-10-26-24-12-14-29(4)16-21(7-2)8-9-25(29)23(24)13-15-30(26,27)5;2*1-2/h17-18,20-21,23-28,33H,6-16,19H2,1-5H3;2*1-2H3. The Kier molecular flexibility index (Phi) is 10.8. The summed E-state index contributed by atoms with van der Waals surface area (Å²) in [7, 11) is 0. The zero-order valence-electron chi connectivity index (χ0n) is 26.1. The van der Waals surface area contributed by atoms with Crippen molar-refractivity contribution in [1.29, 1.82) is 0 Å². The summed E-state index contributed by atoms with van der Waals surface area (Å²) in [6, 6.07) is 0. The fraction of sp³-hybridized carbons (Fsp3) is 0.912. The van der Waals surface area contributed by atoms with E-state index in [1.54, 1.807) is 0 Å². The van der Waals surface area contributed by atoms with Gasteiger partial charge in [-0.15, -0.1) is 0 Å². The second-order valence-corrected chi connectivity index (χ2v) is 13.4. The quantitative estimate of drug-likeness (QED) is 0.410. The smallest absolute Gasteiger partial charge is 0.0769 e. The third kappa shape index (κ3) is 5.87. The lowest BCUT2D eigenvalue weighted by Gasteiger charge is -2.60. The molecule has 3 heteroatoms. The minimum absolute atomic E-state index is 0.268. The number of nitrogens with zero attached hydrogens (tertiary/aromatic N) is 2. The SMILES string of the molecule is CC.CC.CCC1CCC2C3CCC4(C)C(C(O)Cn5cc(C(C)CC)cn5)CCC4C3CCC2(C)C1. The van der Waals surface area contributed by atoms with Crippen LogP contribution < -0.4 is 0 Å². The average Bonchev–Trinajstić information content (AvgIpc) is 3.53. The van der Waals surface area contributed by atoms with E-state index in [-0.39, 0.29) is 6.10 Å². The Bertz CT molecular complexity index is 818. The van der Waals surface area contributed by atoms with E-state index in [2.05, 4.69) is 45.9 Å². The van der Waals surface area contributed by atoms with Crippen LogP contribution in [-0.2, 0) is 6.54 Å². The molecule has 5 rings (SSSR count). The summed E-state index contributed by atoms with van der Waals surface area (Å²) in [6.45, 7) is 20.8. The molecule has 4 aliphatic rings. The van der Waals surface area contributed by atoms with Gasteiger partial charge in [0, 0.05) is 6.20 Å². The minimum atomic E-state index is -0.268. The summed E-state index contributed by atoms with van der Waals surface area (Å²) < 4.78 is 2.02. The molecular weight excluding hydrogens is 452 g/mol. The van der Waals surface area contributed by atoms with Gasteiger partial charge in [0.05, 0.1) is 18.8 Å². The summed E-state index contributed by atoms with van der Waals surface area (Å²) in [5.74, 6) is 5.63. The summed E-state index contributed by atoms with van der Waals surface area (Å²) >= 11 is 0. The molecule has 0 radical (unpaired) electrons. The molecule has 4 aliphatic carbocycles. The van der Waals surface area contributed by atoms with Gasteiger partial charge in [-0.1, -0.05) is 75.2 Å². The third-order valence-corrected chi connectivity index (χ3v) is 11.9. The molecule has 0 bridgehead atoms. The van der Waals surface area contributed by atoms with Gasteiger partial charge in [0.2, 0.25) is 0 Å². The van der Waals surface area contributed by atoms with E-state index in [4.69, 9.17) is 0 Å². The van der Waals surface area contributed by atoms with Crippen molar-refractivity contribution in [3.63, 3.8) is 0 Å². The highest BCUT2D eigenvalue weighted by atomic mass is 16.3. The Balaban J connectivity index is 0.000000907. The van der Waals surface area contributed by atoms with Gasteiger partial charge in [-0.25, -0.2) is 0 Å². The third-order valence-electron chi connectivity index (χ3n) is 11.9. The van der Waals surface area contributed by atoms with Crippen molar-refractivity contribution >= 4 is 0 Å². The van der Waals surface area contributed by atoms with Gasteiger partial charge in [0.1, 0.15) is 0 Å². The number of hydrogen-bond donors (Lipinski definition) is 1. The molecule has 1 aromatic rings. The maximum Gasteiger partial charge on any atom is 0.0769 e. The number of aliphatic hydroxyl groups is 1. The molecule has 0 aliphatic heterocycles. The van der Waals surface area contributed by atoms with Crippen LogP contribution in [0.3, 0.4) is 0 Å². The summed E-state index contributed by atoms with van der Waals surface area (Å²) in [5, 5.41) is 16.0. The van der Waals surface area contributed by atoms with Crippen LogP contribution in [0.2, 0.25) is 0 Å². The van der Waals surface area contributed by atoms with Crippen molar-refractivity contribution in [1.82, 2.24) is 9.78 Å². The molecule has 10 unspecified atom stereocenters. The Morgan fingerprint density at radius 2 is 1.59 bits per heavy atom. The van der Waals surface area contributed by atoms with Crippen LogP contribution in [0.15, 0.2) is 12.4 Å². The number of aliphatic hydroxyl groups excluding tert-OH is 1. The van der Waals surface area contributed by atoms with Crippen molar-refractivity contribution < 1.29 is 5.11 Å². The zero-order chi connectivity index (χ0) is 27.4. The summed E-state index contributed by atoms with van der Waals surface area (Å²) in [6.07, 6.45) is 19.1. The van der Waals surface area contributed by atoms with Crippen molar-refractivity contribution in [2.75, 3.05) is 0 Å². The molecule has 0 amide bonds. The predicted molar refractivity (Wildman–Crippen MR) is 159 cm³/mol. The fourth-order valence-electron chi connectivity index (χ4n) is 9.73. The highest BCUT2D eigenvalue weighted by Crippen LogP contribution is 2.67. The zero-order valence-corrected chi connectivity index (χ0v) is 26.1. The second-order valence-electron chi connectivity index (χ2n) is 13.4.